The second-order valence-corrected chi connectivity index (χ2v) is 19.2. The molecule has 0 aromatic carbocycles. The lowest BCUT2D eigenvalue weighted by molar-refractivity contribution is -0.167. The van der Waals surface area contributed by atoms with Crippen molar-refractivity contribution in [3.8, 4) is 0 Å². The monoisotopic (exact) mass is 949 g/mol. The van der Waals surface area contributed by atoms with Gasteiger partial charge in [0.25, 0.3) is 0 Å². The first kappa shape index (κ1) is 64.8. The Kier molecular flexibility index (Phi) is 53.8. The minimum absolute atomic E-state index is 0.0800. The molecule has 0 saturated carbocycles. The second-order valence-electron chi connectivity index (χ2n) is 19.2. The fourth-order valence-electron chi connectivity index (χ4n) is 8.22. The van der Waals surface area contributed by atoms with Crippen molar-refractivity contribution in [2.45, 2.75) is 290 Å². The molecule has 0 radical (unpaired) electrons. The van der Waals surface area contributed by atoms with Crippen LogP contribution in [0.25, 0.3) is 0 Å². The summed E-state index contributed by atoms with van der Waals surface area (Å²) in [5.74, 6) is -0.885. The maximum atomic E-state index is 12.9. The largest absolute Gasteiger partial charge is 0.462 e. The predicted molar refractivity (Wildman–Crippen MR) is 293 cm³/mol. The Bertz CT molecular complexity index is 1270. The summed E-state index contributed by atoms with van der Waals surface area (Å²) in [6.45, 7) is 6.42. The van der Waals surface area contributed by atoms with Gasteiger partial charge in [0, 0.05) is 19.3 Å². The van der Waals surface area contributed by atoms with E-state index in [4.69, 9.17) is 14.2 Å². The van der Waals surface area contributed by atoms with Gasteiger partial charge < -0.3 is 14.2 Å². The van der Waals surface area contributed by atoms with Gasteiger partial charge in [-0.05, 0) is 70.6 Å². The molecule has 0 aliphatic rings. The van der Waals surface area contributed by atoms with Crippen molar-refractivity contribution in [3.05, 3.63) is 72.9 Å². The Morgan fingerprint density at radius 2 is 0.647 bits per heavy atom. The molecular weight excluding hydrogens is 841 g/mol. The number of carbonyl (C=O) groups is 3. The van der Waals surface area contributed by atoms with E-state index in [-0.39, 0.29) is 31.1 Å². The lowest BCUT2D eigenvalue weighted by Gasteiger charge is -2.18. The number of carbonyl (C=O) groups excluding carboxylic acids is 3. The molecule has 0 heterocycles. The highest BCUT2D eigenvalue weighted by molar-refractivity contribution is 5.71. The highest BCUT2D eigenvalue weighted by Crippen LogP contribution is 2.16. The van der Waals surface area contributed by atoms with Gasteiger partial charge >= 0.3 is 17.9 Å². The summed E-state index contributed by atoms with van der Waals surface area (Å²) >= 11 is 0. The second kappa shape index (κ2) is 56.4. The minimum Gasteiger partial charge on any atom is -0.462 e. The van der Waals surface area contributed by atoms with Crippen LogP contribution in [0.15, 0.2) is 72.9 Å². The molecule has 68 heavy (non-hydrogen) atoms. The number of unbranched alkanes of at least 4 members (excludes halogenated alkanes) is 31. The summed E-state index contributed by atoms with van der Waals surface area (Å²) in [5.41, 5.74) is 0. The first-order valence-electron chi connectivity index (χ1n) is 29.0. The molecule has 0 fully saturated rings. The molecule has 0 aliphatic carbocycles. The van der Waals surface area contributed by atoms with Gasteiger partial charge in [-0.15, -0.1) is 0 Å². The molecule has 6 nitrogen and oxygen atoms in total. The van der Waals surface area contributed by atoms with Crippen molar-refractivity contribution in [2.75, 3.05) is 13.2 Å². The van der Waals surface area contributed by atoms with Crippen LogP contribution < -0.4 is 0 Å². The molecule has 0 bridgehead atoms. The molecule has 0 saturated heterocycles. The van der Waals surface area contributed by atoms with Gasteiger partial charge in [-0.2, -0.15) is 0 Å². The van der Waals surface area contributed by atoms with Crippen LogP contribution in [-0.2, 0) is 28.6 Å². The molecular formula is C62H108O6. The maximum Gasteiger partial charge on any atom is 0.306 e. The number of ether oxygens (including phenoxy) is 3. The van der Waals surface area contributed by atoms with Crippen molar-refractivity contribution in [1.82, 2.24) is 0 Å². The average Bonchev–Trinajstić information content (AvgIpc) is 3.34. The van der Waals surface area contributed by atoms with E-state index < -0.39 is 6.10 Å². The Balaban J connectivity index is 4.37. The number of hydrogen-bond acceptors (Lipinski definition) is 6. The normalized spacial score (nSPS) is 12.6. The molecule has 1 unspecified atom stereocenters. The quantitative estimate of drug-likeness (QED) is 0.0199. The van der Waals surface area contributed by atoms with Gasteiger partial charge in [0.05, 0.1) is 0 Å². The number of hydrogen-bond donors (Lipinski definition) is 0. The van der Waals surface area contributed by atoms with Gasteiger partial charge in [-0.1, -0.05) is 267 Å². The Labute approximate surface area is 421 Å². The zero-order valence-corrected chi connectivity index (χ0v) is 44.9. The van der Waals surface area contributed by atoms with E-state index >= 15 is 0 Å². The van der Waals surface area contributed by atoms with Gasteiger partial charge in [0.15, 0.2) is 6.10 Å². The molecule has 392 valence electrons. The van der Waals surface area contributed by atoms with Crippen LogP contribution in [0.1, 0.15) is 284 Å². The fraction of sp³-hybridized carbons (Fsp3) is 0.758. The first-order valence-corrected chi connectivity index (χ1v) is 29.0. The fourth-order valence-corrected chi connectivity index (χ4v) is 8.22. The highest BCUT2D eigenvalue weighted by atomic mass is 16.6. The molecule has 1 atom stereocenters. The van der Waals surface area contributed by atoms with Crippen LogP contribution in [0, 0.1) is 0 Å². The lowest BCUT2D eigenvalue weighted by Crippen LogP contribution is -2.30. The number of esters is 3. The van der Waals surface area contributed by atoms with Crippen LogP contribution in [0.2, 0.25) is 0 Å². The molecule has 0 aromatic heterocycles. The van der Waals surface area contributed by atoms with Gasteiger partial charge in [0.1, 0.15) is 13.2 Å². The summed E-state index contributed by atoms with van der Waals surface area (Å²) in [6, 6.07) is 0. The molecule has 0 N–H and O–H groups in total. The summed E-state index contributed by atoms with van der Waals surface area (Å²) in [4.78, 5) is 38.2. The standard InChI is InChI=1S/C62H108O6/c1-4-7-10-13-16-19-22-25-28-30-31-32-35-37-40-43-46-49-52-55-61(64)67-58-59(57-66-60(63)54-51-48-45-42-39-36-33-27-24-21-18-15-12-9-6-3)68-62(65)56-53-50-47-44-41-38-34-29-26-23-20-17-14-11-8-5-2/h7,9-10,12,15-16,18-19,21,24-25,28,59H,4-6,8,11,13-14,17,20,22-23,26-27,29-58H2,1-3H3/b10-7-,12-9-,18-15-,19-16-,24-21-,28-25-. The summed E-state index contributed by atoms with van der Waals surface area (Å²) in [5, 5.41) is 0. The van der Waals surface area contributed by atoms with Gasteiger partial charge in [0.2, 0.25) is 0 Å². The third kappa shape index (κ3) is 53.8. The van der Waals surface area contributed by atoms with Crippen LogP contribution in [0.5, 0.6) is 0 Å². The van der Waals surface area contributed by atoms with E-state index in [2.05, 4.69) is 93.7 Å². The minimum atomic E-state index is -0.781. The smallest absolute Gasteiger partial charge is 0.306 e. The van der Waals surface area contributed by atoms with E-state index in [1.165, 1.54) is 154 Å². The SMILES string of the molecule is CC\C=C/C=C\C=C/CCCCCCCCCC(=O)OCC(COC(=O)CCCCCCCCCCC/C=C\C/C=C\C/C=C\CC)OC(=O)CCCCCCCCCCCCCCCCCC. The topological polar surface area (TPSA) is 78.9 Å². The predicted octanol–water partition coefficient (Wildman–Crippen LogP) is 19.4. The van der Waals surface area contributed by atoms with Crippen molar-refractivity contribution in [2.24, 2.45) is 0 Å². The Morgan fingerprint density at radius 1 is 0.324 bits per heavy atom. The summed E-state index contributed by atoms with van der Waals surface area (Å²) in [7, 11) is 0. The van der Waals surface area contributed by atoms with Crippen LogP contribution in [-0.4, -0.2) is 37.2 Å². The van der Waals surface area contributed by atoms with Gasteiger partial charge in [-0.3, -0.25) is 14.4 Å². The molecule has 0 rings (SSSR count). The van der Waals surface area contributed by atoms with E-state index in [0.717, 1.165) is 89.9 Å². The summed E-state index contributed by atoms with van der Waals surface area (Å²) in [6.07, 6.45) is 71.7. The van der Waals surface area contributed by atoms with E-state index in [9.17, 15) is 14.4 Å². The molecule has 0 aromatic rings. The molecule has 0 amide bonds. The van der Waals surface area contributed by atoms with E-state index in [1.54, 1.807) is 0 Å². The van der Waals surface area contributed by atoms with E-state index in [0.29, 0.717) is 19.3 Å². The van der Waals surface area contributed by atoms with Crippen molar-refractivity contribution in [3.63, 3.8) is 0 Å². The first-order chi connectivity index (χ1) is 33.5. The number of allylic oxidation sites excluding steroid dienone is 12. The Hall–Kier alpha value is -3.15. The zero-order chi connectivity index (χ0) is 49.3. The molecule has 6 heteroatoms. The third-order valence-corrected chi connectivity index (χ3v) is 12.5. The number of rotatable bonds is 52. The highest BCUT2D eigenvalue weighted by Gasteiger charge is 2.19. The van der Waals surface area contributed by atoms with Crippen molar-refractivity contribution in [1.29, 1.82) is 0 Å². The van der Waals surface area contributed by atoms with Crippen LogP contribution in [0.3, 0.4) is 0 Å². The Morgan fingerprint density at radius 3 is 1.06 bits per heavy atom. The zero-order valence-electron chi connectivity index (χ0n) is 44.9. The van der Waals surface area contributed by atoms with Crippen molar-refractivity contribution < 1.29 is 28.6 Å². The molecule has 0 spiro atoms. The van der Waals surface area contributed by atoms with E-state index in [1.807, 2.05) is 0 Å². The van der Waals surface area contributed by atoms with Gasteiger partial charge in [-0.25, -0.2) is 0 Å². The molecule has 0 aliphatic heterocycles. The van der Waals surface area contributed by atoms with Crippen LogP contribution in [0.4, 0.5) is 0 Å². The average molecular weight is 950 g/mol. The lowest BCUT2D eigenvalue weighted by atomic mass is 10.0. The van der Waals surface area contributed by atoms with Crippen LogP contribution >= 0.6 is 0 Å². The van der Waals surface area contributed by atoms with Crippen molar-refractivity contribution >= 4 is 17.9 Å². The third-order valence-electron chi connectivity index (χ3n) is 12.5. The maximum absolute atomic E-state index is 12.9. The summed E-state index contributed by atoms with van der Waals surface area (Å²) < 4.78 is 16.9.